The number of benzene rings is 2. The van der Waals surface area contributed by atoms with E-state index in [-0.39, 0.29) is 34.6 Å². The molecule has 1 unspecified atom stereocenters. The fourth-order valence-corrected chi connectivity index (χ4v) is 5.20. The Morgan fingerprint density at radius 3 is 2.56 bits per heavy atom. The van der Waals surface area contributed by atoms with Crippen LogP contribution in [0.25, 0.3) is 0 Å². The number of hydrogen-bond acceptors (Lipinski definition) is 5. The second-order valence-corrected chi connectivity index (χ2v) is 9.97. The summed E-state index contributed by atoms with van der Waals surface area (Å²) in [7, 11) is -3.72. The number of aromatic carboxylic acids is 1. The van der Waals surface area contributed by atoms with E-state index in [0.29, 0.717) is 24.1 Å². The van der Waals surface area contributed by atoms with Crippen molar-refractivity contribution in [3.05, 3.63) is 53.1 Å². The number of carbonyl (C=O) groups is 3. The van der Waals surface area contributed by atoms with Crippen molar-refractivity contribution in [2.24, 2.45) is 0 Å². The Bertz CT molecular complexity index is 1190. The van der Waals surface area contributed by atoms with Crippen LogP contribution in [0.4, 0.5) is 11.4 Å². The second-order valence-electron chi connectivity index (χ2n) is 7.86. The number of carboxylic acid groups (broad SMARTS) is 1. The van der Waals surface area contributed by atoms with Crippen molar-refractivity contribution in [2.75, 3.05) is 16.0 Å². The summed E-state index contributed by atoms with van der Waals surface area (Å²) in [4.78, 5) is 37.6. The van der Waals surface area contributed by atoms with Crippen LogP contribution in [-0.4, -0.2) is 43.1 Å². The van der Waals surface area contributed by atoms with E-state index < -0.39 is 21.7 Å². The first-order valence-electron chi connectivity index (χ1n) is 10.4. The Morgan fingerprint density at radius 1 is 1.19 bits per heavy atom. The molecule has 0 fully saturated rings. The number of hydrogen-bond donors (Lipinski definition) is 2. The highest BCUT2D eigenvalue weighted by Crippen LogP contribution is 2.34. The lowest BCUT2D eigenvalue weighted by Crippen LogP contribution is -2.35. The summed E-state index contributed by atoms with van der Waals surface area (Å²) in [5.74, 6) is -2.02. The first-order chi connectivity index (χ1) is 15.0. The first kappa shape index (κ1) is 23.5. The maximum Gasteiger partial charge on any atom is 0.336 e. The van der Waals surface area contributed by atoms with Crippen molar-refractivity contribution in [1.29, 1.82) is 0 Å². The van der Waals surface area contributed by atoms with Crippen molar-refractivity contribution < 1.29 is 27.9 Å². The zero-order valence-corrected chi connectivity index (χ0v) is 19.0. The van der Waals surface area contributed by atoms with Gasteiger partial charge in [-0.3, -0.25) is 9.59 Å². The van der Waals surface area contributed by atoms with Gasteiger partial charge < -0.3 is 15.3 Å². The number of nitrogens with one attached hydrogen (secondary N) is 1. The molecule has 2 aromatic rings. The minimum Gasteiger partial charge on any atom is -0.478 e. The van der Waals surface area contributed by atoms with Crippen LogP contribution in [-0.2, 0) is 25.8 Å². The van der Waals surface area contributed by atoms with Crippen molar-refractivity contribution in [3.8, 4) is 0 Å². The van der Waals surface area contributed by atoms with E-state index >= 15 is 0 Å². The molecule has 2 amide bonds. The Labute approximate surface area is 187 Å². The molecule has 170 valence electrons. The lowest BCUT2D eigenvalue weighted by Gasteiger charge is -2.22. The molecule has 1 aliphatic rings. The Kier molecular flexibility index (Phi) is 6.68. The molecule has 1 aliphatic heterocycles. The fraction of sp³-hybridized carbons (Fsp3) is 0.348. The van der Waals surface area contributed by atoms with Gasteiger partial charge in [0.05, 0.1) is 16.2 Å². The van der Waals surface area contributed by atoms with E-state index in [9.17, 15) is 27.9 Å². The number of anilines is 2. The number of sulfone groups is 1. The SMILES string of the molecule is CCC(=O)N1c2ccc(S(=O)(=O)CCC(=O)Nc3cccc(C(=O)O)c3C)cc2CC1C. The average molecular weight is 459 g/mol. The highest BCUT2D eigenvalue weighted by atomic mass is 32.2. The van der Waals surface area contributed by atoms with E-state index in [2.05, 4.69) is 5.32 Å². The average Bonchev–Trinajstić information content (AvgIpc) is 3.08. The molecule has 1 atom stereocenters. The summed E-state index contributed by atoms with van der Waals surface area (Å²) in [6.07, 6.45) is 0.672. The molecule has 32 heavy (non-hydrogen) atoms. The third kappa shape index (κ3) is 4.67. The van der Waals surface area contributed by atoms with Crippen LogP contribution in [0.1, 0.15) is 48.2 Å². The third-order valence-electron chi connectivity index (χ3n) is 5.63. The molecule has 3 rings (SSSR count). The molecular formula is C23H26N2O6S. The van der Waals surface area contributed by atoms with E-state index in [0.717, 1.165) is 11.3 Å². The number of rotatable bonds is 7. The van der Waals surface area contributed by atoms with E-state index in [1.807, 2.05) is 6.92 Å². The summed E-state index contributed by atoms with van der Waals surface area (Å²) in [5, 5.41) is 11.8. The maximum absolute atomic E-state index is 12.8. The van der Waals surface area contributed by atoms with Crippen LogP contribution >= 0.6 is 0 Å². The molecule has 2 aromatic carbocycles. The lowest BCUT2D eigenvalue weighted by atomic mass is 10.1. The van der Waals surface area contributed by atoms with Crippen molar-refractivity contribution in [3.63, 3.8) is 0 Å². The Balaban J connectivity index is 1.71. The van der Waals surface area contributed by atoms with Gasteiger partial charge in [-0.2, -0.15) is 0 Å². The van der Waals surface area contributed by atoms with E-state index in [4.69, 9.17) is 0 Å². The van der Waals surface area contributed by atoms with Crippen LogP contribution < -0.4 is 10.2 Å². The standard InChI is InChI=1S/C23H26N2O6S/c1-4-22(27)25-14(2)12-16-13-17(8-9-20(16)25)32(30,31)11-10-21(26)24-19-7-5-6-18(15(19)3)23(28)29/h5-9,13-14H,4,10-12H2,1-3H3,(H,24,26)(H,28,29). The predicted octanol–water partition coefficient (Wildman–Crippen LogP) is 3.18. The molecule has 0 saturated carbocycles. The van der Waals surface area contributed by atoms with Gasteiger partial charge in [0.15, 0.2) is 9.84 Å². The predicted molar refractivity (Wildman–Crippen MR) is 121 cm³/mol. The van der Waals surface area contributed by atoms with Gasteiger partial charge >= 0.3 is 5.97 Å². The summed E-state index contributed by atoms with van der Waals surface area (Å²) in [6, 6.07) is 9.19. The zero-order valence-electron chi connectivity index (χ0n) is 18.2. The summed E-state index contributed by atoms with van der Waals surface area (Å²) < 4.78 is 25.6. The smallest absolute Gasteiger partial charge is 0.336 e. The van der Waals surface area contributed by atoms with Crippen LogP contribution in [0, 0.1) is 6.92 Å². The molecule has 0 radical (unpaired) electrons. The first-order valence-corrected chi connectivity index (χ1v) is 12.0. The van der Waals surface area contributed by atoms with Crippen molar-refractivity contribution in [1.82, 2.24) is 0 Å². The lowest BCUT2D eigenvalue weighted by molar-refractivity contribution is -0.118. The number of amides is 2. The fourth-order valence-electron chi connectivity index (χ4n) is 3.91. The highest BCUT2D eigenvalue weighted by molar-refractivity contribution is 7.91. The maximum atomic E-state index is 12.8. The monoisotopic (exact) mass is 458 g/mol. The molecule has 0 spiro atoms. The molecule has 0 bridgehead atoms. The molecule has 0 saturated heterocycles. The third-order valence-corrected chi connectivity index (χ3v) is 7.35. The van der Waals surface area contributed by atoms with E-state index in [1.54, 1.807) is 36.9 Å². The molecule has 1 heterocycles. The van der Waals surface area contributed by atoms with Gasteiger partial charge in [-0.1, -0.05) is 13.0 Å². The Morgan fingerprint density at radius 2 is 1.91 bits per heavy atom. The van der Waals surface area contributed by atoms with Gasteiger partial charge in [-0.05, 0) is 61.7 Å². The minimum absolute atomic E-state index is 0.00853. The molecule has 0 aromatic heterocycles. The van der Waals surface area contributed by atoms with Gasteiger partial charge in [0.25, 0.3) is 0 Å². The van der Waals surface area contributed by atoms with Crippen LogP contribution in [0.2, 0.25) is 0 Å². The van der Waals surface area contributed by atoms with E-state index in [1.165, 1.54) is 18.2 Å². The highest BCUT2D eigenvalue weighted by Gasteiger charge is 2.31. The molecular weight excluding hydrogens is 432 g/mol. The summed E-state index contributed by atoms with van der Waals surface area (Å²) in [6.45, 7) is 5.29. The summed E-state index contributed by atoms with van der Waals surface area (Å²) >= 11 is 0. The number of fused-ring (bicyclic) bond motifs is 1. The number of nitrogens with zero attached hydrogens (tertiary/aromatic N) is 1. The van der Waals surface area contributed by atoms with Crippen molar-refractivity contribution >= 4 is 39.0 Å². The second kappa shape index (κ2) is 9.12. The van der Waals surface area contributed by atoms with Crippen LogP contribution in [0.5, 0.6) is 0 Å². The zero-order chi connectivity index (χ0) is 23.6. The summed E-state index contributed by atoms with van der Waals surface area (Å²) in [5.41, 5.74) is 2.33. The largest absolute Gasteiger partial charge is 0.478 e. The Hall–Kier alpha value is -3.20. The minimum atomic E-state index is -3.72. The number of carboxylic acids is 1. The van der Waals surface area contributed by atoms with Crippen molar-refractivity contribution in [2.45, 2.75) is 51.0 Å². The van der Waals surface area contributed by atoms with Gasteiger partial charge in [-0.15, -0.1) is 0 Å². The topological polar surface area (TPSA) is 121 Å². The van der Waals surface area contributed by atoms with Gasteiger partial charge in [0, 0.05) is 30.3 Å². The number of carbonyl (C=O) groups excluding carboxylic acids is 2. The van der Waals surface area contributed by atoms with Gasteiger partial charge in [0.1, 0.15) is 0 Å². The molecule has 0 aliphatic carbocycles. The van der Waals surface area contributed by atoms with Gasteiger partial charge in [0.2, 0.25) is 11.8 Å². The van der Waals surface area contributed by atoms with Crippen LogP contribution in [0.15, 0.2) is 41.3 Å². The van der Waals surface area contributed by atoms with Gasteiger partial charge in [-0.25, -0.2) is 13.2 Å². The van der Waals surface area contributed by atoms with Crippen LogP contribution in [0.3, 0.4) is 0 Å². The molecule has 8 nitrogen and oxygen atoms in total. The molecule has 9 heteroatoms. The quantitative estimate of drug-likeness (QED) is 0.657. The molecule has 2 N–H and O–H groups in total. The normalized spacial score (nSPS) is 15.3.